The lowest BCUT2D eigenvalue weighted by molar-refractivity contribution is -0.192. The number of hydrogen-bond donors (Lipinski definition) is 3. The number of rotatable bonds is 11. The summed E-state index contributed by atoms with van der Waals surface area (Å²) in [6, 6.07) is 12.1. The number of anilines is 1. The Morgan fingerprint density at radius 3 is 2.00 bits per heavy atom. The van der Waals surface area contributed by atoms with Gasteiger partial charge in [0.15, 0.2) is 23.5 Å². The SMILES string of the molecule is COc1ccc(OP(=S)(OC[C@@]2(C(F)F)O[C@@H](n3cc(F)c(N)nc3=O)[C@@H](O)[C@@H]2O)Oc2ccc(OC)cc2)cc1. The zero-order chi connectivity index (χ0) is 29.9. The third-order valence-electron chi connectivity index (χ3n) is 6.04. The van der Waals surface area contributed by atoms with Crippen LogP contribution in [0.2, 0.25) is 0 Å². The number of aliphatic hydroxyl groups is 2. The molecule has 222 valence electrons. The zero-order valence-electron chi connectivity index (χ0n) is 21.4. The number of methoxy groups -OCH3 is 2. The third-order valence-corrected chi connectivity index (χ3v) is 8.11. The van der Waals surface area contributed by atoms with E-state index in [4.69, 9.17) is 45.3 Å². The summed E-state index contributed by atoms with van der Waals surface area (Å²) >= 11 is 5.51. The Kier molecular flexibility index (Phi) is 9.11. The zero-order valence-corrected chi connectivity index (χ0v) is 23.1. The number of aromatic nitrogens is 2. The van der Waals surface area contributed by atoms with Crippen LogP contribution in [0.4, 0.5) is 19.0 Å². The summed E-state index contributed by atoms with van der Waals surface area (Å²) in [5, 5.41) is 21.3. The minimum atomic E-state index is -4.02. The molecule has 12 nitrogen and oxygen atoms in total. The molecule has 1 aromatic heterocycles. The molecule has 1 aliphatic rings. The molecular formula is C24H25F3N3O9PS. The molecule has 4 N–H and O–H groups in total. The molecule has 0 unspecified atom stereocenters. The predicted molar refractivity (Wildman–Crippen MR) is 141 cm³/mol. The number of nitrogens with zero attached hydrogens (tertiary/aromatic N) is 2. The number of benzene rings is 2. The van der Waals surface area contributed by atoms with Crippen LogP contribution in [0.5, 0.6) is 23.0 Å². The summed E-state index contributed by atoms with van der Waals surface area (Å²) in [6.45, 7) is -5.20. The number of hydrogen-bond acceptors (Lipinski definition) is 12. The number of halogens is 3. The van der Waals surface area contributed by atoms with Crippen LogP contribution in [-0.4, -0.2) is 64.8 Å². The lowest BCUT2D eigenvalue weighted by atomic mass is 9.96. The molecule has 1 fully saturated rings. The van der Waals surface area contributed by atoms with Gasteiger partial charge in [0, 0.05) is 11.8 Å². The number of alkyl halides is 2. The van der Waals surface area contributed by atoms with Crippen LogP contribution >= 0.6 is 6.72 Å². The molecule has 3 aromatic rings. The quantitative estimate of drug-likeness (QED) is 0.270. The minimum absolute atomic E-state index is 0.134. The second kappa shape index (κ2) is 12.2. The highest BCUT2D eigenvalue weighted by Crippen LogP contribution is 2.53. The summed E-state index contributed by atoms with van der Waals surface area (Å²) in [7, 11) is 2.91. The molecule has 4 atom stereocenters. The molecule has 0 spiro atoms. The standard InChI is InChI=1S/C24H25F3N3O9PS/c1-34-13-3-7-15(8-4-13)38-40(41,39-16-9-5-14(35-2)6-10-16)36-12-24(22(26)27)19(32)18(31)21(37-24)30-11-17(25)20(28)29-23(30)33/h3-11,18-19,21-22,31-32H,12H2,1-2H3,(H2,28,29,33)/t18-,19-,21+,24+/m0/s1. The van der Waals surface area contributed by atoms with Gasteiger partial charge in [-0.05, 0) is 48.5 Å². The number of aliphatic hydroxyl groups excluding tert-OH is 2. The van der Waals surface area contributed by atoms with E-state index in [0.717, 1.165) is 0 Å². The average molecular weight is 620 g/mol. The lowest BCUT2D eigenvalue weighted by Gasteiger charge is -2.33. The Balaban J connectivity index is 1.65. The van der Waals surface area contributed by atoms with Crippen LogP contribution in [0.1, 0.15) is 6.23 Å². The Labute approximate surface area is 236 Å². The first-order valence-corrected chi connectivity index (χ1v) is 14.2. The van der Waals surface area contributed by atoms with E-state index in [9.17, 15) is 28.2 Å². The third kappa shape index (κ3) is 6.42. The fraction of sp³-hybridized carbons (Fsp3) is 0.333. The molecular weight excluding hydrogens is 594 g/mol. The fourth-order valence-electron chi connectivity index (χ4n) is 3.82. The van der Waals surface area contributed by atoms with E-state index in [-0.39, 0.29) is 11.5 Å². The summed E-state index contributed by atoms with van der Waals surface area (Å²) in [5.41, 5.74) is 1.08. The normalized spacial score (nSPS) is 22.5. The highest BCUT2D eigenvalue weighted by molar-refractivity contribution is 8.07. The van der Waals surface area contributed by atoms with Gasteiger partial charge in [-0.15, -0.1) is 0 Å². The predicted octanol–water partition coefficient (Wildman–Crippen LogP) is 2.64. The van der Waals surface area contributed by atoms with Gasteiger partial charge in [-0.25, -0.2) is 18.0 Å². The Morgan fingerprint density at radius 2 is 1.54 bits per heavy atom. The van der Waals surface area contributed by atoms with Crippen molar-refractivity contribution in [3.05, 3.63) is 71.0 Å². The van der Waals surface area contributed by atoms with Crippen molar-refractivity contribution >= 4 is 24.3 Å². The summed E-state index contributed by atoms with van der Waals surface area (Å²) in [4.78, 5) is 15.5. The van der Waals surface area contributed by atoms with Gasteiger partial charge in [-0.2, -0.15) is 4.98 Å². The van der Waals surface area contributed by atoms with E-state index in [0.29, 0.717) is 22.3 Å². The first-order valence-electron chi connectivity index (χ1n) is 11.7. The largest absolute Gasteiger partial charge is 0.497 e. The molecule has 2 aromatic carbocycles. The maximum atomic E-state index is 14.5. The molecule has 17 heteroatoms. The van der Waals surface area contributed by atoms with Gasteiger partial charge in [-0.1, -0.05) is 0 Å². The van der Waals surface area contributed by atoms with Gasteiger partial charge in [-0.3, -0.25) is 9.09 Å². The summed E-state index contributed by atoms with van der Waals surface area (Å²) < 4.78 is 76.2. The molecule has 41 heavy (non-hydrogen) atoms. The lowest BCUT2D eigenvalue weighted by Crippen LogP contribution is -2.52. The van der Waals surface area contributed by atoms with Crippen LogP contribution in [0.3, 0.4) is 0 Å². The highest BCUT2D eigenvalue weighted by Gasteiger charge is 2.61. The van der Waals surface area contributed by atoms with Gasteiger partial charge < -0.3 is 39.2 Å². The summed E-state index contributed by atoms with van der Waals surface area (Å²) in [5.74, 6) is -0.688. The minimum Gasteiger partial charge on any atom is -0.497 e. The molecule has 0 bridgehead atoms. The van der Waals surface area contributed by atoms with Gasteiger partial charge in [0.1, 0.15) is 35.2 Å². The van der Waals surface area contributed by atoms with Crippen LogP contribution in [-0.2, 0) is 21.1 Å². The van der Waals surface area contributed by atoms with E-state index in [1.54, 1.807) is 24.3 Å². The molecule has 0 aliphatic carbocycles. The second-order valence-electron chi connectivity index (χ2n) is 8.62. The molecule has 2 heterocycles. The topological polar surface area (TPSA) is 157 Å². The van der Waals surface area contributed by atoms with Gasteiger partial charge in [0.25, 0.3) is 6.43 Å². The first-order chi connectivity index (χ1) is 19.4. The second-order valence-corrected chi connectivity index (χ2v) is 11.5. The van der Waals surface area contributed by atoms with Gasteiger partial charge in [0.2, 0.25) is 0 Å². The fourth-order valence-corrected chi connectivity index (χ4v) is 5.75. The highest BCUT2D eigenvalue weighted by atomic mass is 32.5. The molecule has 1 aliphatic heterocycles. The van der Waals surface area contributed by atoms with Crippen LogP contribution in [0.25, 0.3) is 0 Å². The summed E-state index contributed by atoms with van der Waals surface area (Å²) in [6.07, 6.45) is -9.47. The number of ether oxygens (including phenoxy) is 3. The van der Waals surface area contributed by atoms with Crippen LogP contribution in [0, 0.1) is 5.82 Å². The van der Waals surface area contributed by atoms with Crippen molar-refractivity contribution in [3.8, 4) is 23.0 Å². The smallest absolute Gasteiger partial charge is 0.435 e. The van der Waals surface area contributed by atoms with E-state index < -0.39 is 61.1 Å². The van der Waals surface area contributed by atoms with Crippen molar-refractivity contribution in [2.75, 3.05) is 26.6 Å². The maximum Gasteiger partial charge on any atom is 0.435 e. The van der Waals surface area contributed by atoms with Crippen molar-refractivity contribution in [2.24, 2.45) is 0 Å². The monoisotopic (exact) mass is 619 g/mol. The number of nitrogen functional groups attached to an aromatic ring is 1. The van der Waals surface area contributed by atoms with Gasteiger partial charge in [0.05, 0.1) is 27.0 Å². The molecule has 0 amide bonds. The van der Waals surface area contributed by atoms with Crippen molar-refractivity contribution in [3.63, 3.8) is 0 Å². The molecule has 0 saturated carbocycles. The first kappa shape index (κ1) is 30.6. The Morgan fingerprint density at radius 1 is 1.05 bits per heavy atom. The van der Waals surface area contributed by atoms with Gasteiger partial charge >= 0.3 is 12.4 Å². The van der Waals surface area contributed by atoms with E-state index in [1.165, 1.54) is 38.5 Å². The van der Waals surface area contributed by atoms with Crippen LogP contribution in [0.15, 0.2) is 59.5 Å². The van der Waals surface area contributed by atoms with Crippen molar-refractivity contribution in [2.45, 2.75) is 30.5 Å². The maximum absolute atomic E-state index is 14.5. The molecule has 0 radical (unpaired) electrons. The Bertz CT molecular complexity index is 1410. The number of nitrogens with two attached hydrogens (primary N) is 1. The molecule has 1 saturated heterocycles. The van der Waals surface area contributed by atoms with Crippen molar-refractivity contribution in [1.82, 2.24) is 9.55 Å². The van der Waals surface area contributed by atoms with Crippen molar-refractivity contribution in [1.29, 1.82) is 0 Å². The Hall–Kier alpha value is -3.40. The van der Waals surface area contributed by atoms with Crippen LogP contribution < -0.4 is 29.9 Å². The van der Waals surface area contributed by atoms with E-state index >= 15 is 0 Å². The van der Waals surface area contributed by atoms with E-state index in [2.05, 4.69) is 4.98 Å². The molecule has 4 rings (SSSR count). The van der Waals surface area contributed by atoms with Crippen molar-refractivity contribution < 1.29 is 51.2 Å². The van der Waals surface area contributed by atoms with E-state index in [1.807, 2.05) is 0 Å². The average Bonchev–Trinajstić information content (AvgIpc) is 3.21.